The van der Waals surface area contributed by atoms with Gasteiger partial charge in [0.25, 0.3) is 5.91 Å². The number of nitrogens with zero attached hydrogens (tertiary/aromatic N) is 7. The van der Waals surface area contributed by atoms with Gasteiger partial charge in [0.05, 0.1) is 34.4 Å². The van der Waals surface area contributed by atoms with Crippen LogP contribution in [0, 0.1) is 17.0 Å². The molecule has 3 aromatic heterocycles. The highest BCUT2D eigenvalue weighted by atomic mass is 16.6. The van der Waals surface area contributed by atoms with Gasteiger partial charge in [0, 0.05) is 14.1 Å². The van der Waals surface area contributed by atoms with Crippen LogP contribution in [0.3, 0.4) is 0 Å². The fourth-order valence-corrected chi connectivity index (χ4v) is 2.90. The monoisotopic (exact) mass is 415 g/mol. The second-order valence-electron chi connectivity index (χ2n) is 6.60. The summed E-state index contributed by atoms with van der Waals surface area (Å²) < 4.78 is 4.19. The summed E-state index contributed by atoms with van der Waals surface area (Å²) in [5.74, 6) is -0.945. The minimum atomic E-state index is -0.796. The Hall–Kier alpha value is -4.03. The molecule has 3 rings (SSSR count). The molecule has 3 aromatic rings. The number of amides is 2. The van der Waals surface area contributed by atoms with Crippen LogP contribution >= 0.6 is 0 Å². The van der Waals surface area contributed by atoms with E-state index in [1.807, 2.05) is 6.92 Å². The second kappa shape index (κ2) is 8.14. The molecule has 2 amide bonds. The summed E-state index contributed by atoms with van der Waals surface area (Å²) in [6, 6.07) is -0.796. The molecule has 0 saturated carbocycles. The van der Waals surface area contributed by atoms with Gasteiger partial charge >= 0.3 is 5.69 Å². The van der Waals surface area contributed by atoms with Crippen molar-refractivity contribution >= 4 is 28.9 Å². The lowest BCUT2D eigenvalue weighted by Crippen LogP contribution is -2.27. The van der Waals surface area contributed by atoms with E-state index >= 15 is 0 Å². The van der Waals surface area contributed by atoms with Gasteiger partial charge in [0.1, 0.15) is 24.1 Å². The largest absolute Gasteiger partial charge is 0.321 e. The Morgan fingerprint density at radius 3 is 2.33 bits per heavy atom. The number of aromatic nitrogens is 6. The maximum absolute atomic E-state index is 12.8. The van der Waals surface area contributed by atoms with Gasteiger partial charge < -0.3 is 10.6 Å². The summed E-state index contributed by atoms with van der Waals surface area (Å²) >= 11 is 0. The van der Waals surface area contributed by atoms with Gasteiger partial charge in [0.2, 0.25) is 5.91 Å². The van der Waals surface area contributed by atoms with E-state index in [-0.39, 0.29) is 17.1 Å². The molecule has 0 bridgehead atoms. The molecule has 3 heterocycles. The molecule has 1 unspecified atom stereocenters. The summed E-state index contributed by atoms with van der Waals surface area (Å²) in [5, 5.41) is 28.3. The predicted octanol–water partition coefficient (Wildman–Crippen LogP) is 1.41. The average molecular weight is 415 g/mol. The van der Waals surface area contributed by atoms with Gasteiger partial charge in [-0.05, 0) is 13.3 Å². The lowest BCUT2D eigenvalue weighted by atomic mass is 10.2. The first-order valence-electron chi connectivity index (χ1n) is 9.04. The molecule has 158 valence electrons. The first-order chi connectivity index (χ1) is 14.2. The molecule has 0 radical (unpaired) electrons. The lowest BCUT2D eigenvalue weighted by Gasteiger charge is -2.15. The van der Waals surface area contributed by atoms with Gasteiger partial charge in [-0.3, -0.25) is 33.7 Å². The van der Waals surface area contributed by atoms with E-state index in [4.69, 9.17) is 0 Å². The zero-order valence-corrected chi connectivity index (χ0v) is 16.9. The van der Waals surface area contributed by atoms with Crippen molar-refractivity contribution in [3.63, 3.8) is 0 Å². The zero-order chi connectivity index (χ0) is 22.0. The Morgan fingerprint density at radius 2 is 1.77 bits per heavy atom. The van der Waals surface area contributed by atoms with Gasteiger partial charge in [-0.15, -0.1) is 0 Å². The molecule has 30 heavy (non-hydrogen) atoms. The first kappa shape index (κ1) is 20.7. The van der Waals surface area contributed by atoms with Crippen molar-refractivity contribution in [2.45, 2.75) is 26.3 Å². The highest BCUT2D eigenvalue weighted by Gasteiger charge is 2.25. The molecule has 1 atom stereocenters. The Bertz CT molecular complexity index is 1110. The molecule has 0 saturated heterocycles. The second-order valence-corrected chi connectivity index (χ2v) is 6.60. The number of carbonyl (C=O) groups is 2. The van der Waals surface area contributed by atoms with E-state index in [2.05, 4.69) is 25.9 Å². The van der Waals surface area contributed by atoms with E-state index in [9.17, 15) is 19.7 Å². The van der Waals surface area contributed by atoms with Crippen LogP contribution < -0.4 is 10.6 Å². The normalized spacial score (nSPS) is 11.9. The van der Waals surface area contributed by atoms with E-state index < -0.39 is 22.8 Å². The van der Waals surface area contributed by atoms with Crippen molar-refractivity contribution in [2.75, 3.05) is 10.6 Å². The molecule has 0 spiro atoms. The maximum atomic E-state index is 12.8. The van der Waals surface area contributed by atoms with Crippen molar-refractivity contribution in [1.29, 1.82) is 0 Å². The third kappa shape index (κ3) is 3.90. The van der Waals surface area contributed by atoms with Gasteiger partial charge in [0.15, 0.2) is 0 Å². The molecule has 13 nitrogen and oxygen atoms in total. The fourth-order valence-electron chi connectivity index (χ4n) is 2.90. The minimum Gasteiger partial charge on any atom is -0.321 e. The quantitative estimate of drug-likeness (QED) is 0.436. The van der Waals surface area contributed by atoms with E-state index in [1.54, 1.807) is 25.7 Å². The number of carbonyl (C=O) groups excluding carboxylic acids is 2. The van der Waals surface area contributed by atoms with E-state index in [0.29, 0.717) is 12.1 Å². The van der Waals surface area contributed by atoms with E-state index in [1.165, 1.54) is 28.0 Å². The smallest absolute Gasteiger partial charge is 0.307 e. The number of nitrogens with one attached hydrogen (secondary N) is 2. The summed E-state index contributed by atoms with van der Waals surface area (Å²) in [4.78, 5) is 35.9. The van der Waals surface area contributed by atoms with Crippen LogP contribution in [-0.4, -0.2) is 46.1 Å². The molecule has 0 aromatic carbocycles. The predicted molar refractivity (Wildman–Crippen MR) is 106 cm³/mol. The van der Waals surface area contributed by atoms with Gasteiger partial charge in [-0.1, -0.05) is 6.92 Å². The molecule has 2 N–H and O–H groups in total. The Balaban J connectivity index is 1.81. The number of rotatable bonds is 7. The highest BCUT2D eigenvalue weighted by molar-refractivity contribution is 6.09. The summed E-state index contributed by atoms with van der Waals surface area (Å²) in [6.45, 7) is 3.56. The summed E-state index contributed by atoms with van der Waals surface area (Å²) in [5.41, 5.74) is 1.45. The number of hydrogen-bond acceptors (Lipinski definition) is 7. The van der Waals surface area contributed by atoms with Crippen molar-refractivity contribution in [2.24, 2.45) is 14.1 Å². The highest BCUT2D eigenvalue weighted by Crippen LogP contribution is 2.22. The molecule has 0 fully saturated rings. The van der Waals surface area contributed by atoms with Crippen LogP contribution in [0.2, 0.25) is 0 Å². The Morgan fingerprint density at radius 1 is 1.10 bits per heavy atom. The SMILES string of the molecule is CCC(C(=O)Nc1cnn(C)c1C(=O)Nc1cnn(C)c1C)n1cc([N+](=O)[O-])cn1. The Labute approximate surface area is 170 Å². The number of hydrogen-bond donors (Lipinski definition) is 2. The third-order valence-electron chi connectivity index (χ3n) is 4.70. The van der Waals surface area contributed by atoms with Crippen molar-refractivity contribution in [1.82, 2.24) is 29.3 Å². The van der Waals surface area contributed by atoms with Crippen LogP contribution in [-0.2, 0) is 18.9 Å². The Kier molecular flexibility index (Phi) is 5.62. The summed E-state index contributed by atoms with van der Waals surface area (Å²) in [6.07, 6.45) is 5.49. The molecule has 0 aliphatic rings. The lowest BCUT2D eigenvalue weighted by molar-refractivity contribution is -0.385. The van der Waals surface area contributed by atoms with Crippen LogP contribution in [0.4, 0.5) is 17.1 Å². The van der Waals surface area contributed by atoms with Crippen LogP contribution in [0.1, 0.15) is 35.6 Å². The van der Waals surface area contributed by atoms with Crippen molar-refractivity contribution < 1.29 is 14.5 Å². The van der Waals surface area contributed by atoms with Crippen LogP contribution in [0.15, 0.2) is 24.8 Å². The minimum absolute atomic E-state index is 0.146. The molecular formula is C17H21N9O4. The van der Waals surface area contributed by atoms with Crippen molar-refractivity contribution in [3.05, 3.63) is 46.3 Å². The molecular weight excluding hydrogens is 394 g/mol. The standard InChI is InChI=1S/C17H21N9O4/c1-5-14(25-9-11(6-20-25)26(29)30)16(27)22-13-8-19-24(4)15(13)17(28)21-12-7-18-23(3)10(12)2/h6-9,14H,5H2,1-4H3,(H,21,28)(H,22,27). The van der Waals surface area contributed by atoms with Crippen LogP contribution in [0.5, 0.6) is 0 Å². The van der Waals surface area contributed by atoms with Crippen LogP contribution in [0.25, 0.3) is 0 Å². The topological polar surface area (TPSA) is 155 Å². The maximum Gasteiger partial charge on any atom is 0.307 e. The third-order valence-corrected chi connectivity index (χ3v) is 4.70. The van der Waals surface area contributed by atoms with E-state index in [0.717, 1.165) is 11.9 Å². The first-order valence-corrected chi connectivity index (χ1v) is 9.04. The van der Waals surface area contributed by atoms with Crippen molar-refractivity contribution in [3.8, 4) is 0 Å². The molecule has 13 heteroatoms. The average Bonchev–Trinajstić information content (AvgIpc) is 3.39. The van der Waals surface area contributed by atoms with Gasteiger partial charge in [-0.2, -0.15) is 15.3 Å². The molecule has 0 aliphatic heterocycles. The zero-order valence-electron chi connectivity index (χ0n) is 16.9. The summed E-state index contributed by atoms with van der Waals surface area (Å²) in [7, 11) is 3.33. The number of aryl methyl sites for hydroxylation is 2. The van der Waals surface area contributed by atoms with Gasteiger partial charge in [-0.25, -0.2) is 0 Å². The number of nitro groups is 1. The fraction of sp³-hybridized carbons (Fsp3) is 0.353. The number of anilines is 2. The molecule has 0 aliphatic carbocycles.